The van der Waals surface area contributed by atoms with Crippen LogP contribution < -0.4 is 10.6 Å². The van der Waals surface area contributed by atoms with Crippen LogP contribution in [0.15, 0.2) is 24.5 Å². The van der Waals surface area contributed by atoms with Crippen LogP contribution in [0.4, 0.5) is 0 Å². The Morgan fingerprint density at radius 2 is 1.83 bits per heavy atom. The molecule has 0 unspecified atom stereocenters. The van der Waals surface area contributed by atoms with Gasteiger partial charge in [-0.1, -0.05) is 6.92 Å². The van der Waals surface area contributed by atoms with E-state index < -0.39 is 0 Å². The van der Waals surface area contributed by atoms with Crippen LogP contribution in [0.5, 0.6) is 0 Å². The predicted octanol–water partition coefficient (Wildman–Crippen LogP) is 1.73. The zero-order valence-corrected chi connectivity index (χ0v) is 10.9. The molecular formula is C14H21N3O. The fourth-order valence-corrected chi connectivity index (χ4v) is 2.50. The van der Waals surface area contributed by atoms with Crippen molar-refractivity contribution in [3.8, 4) is 0 Å². The maximum atomic E-state index is 12.0. The first-order valence-electron chi connectivity index (χ1n) is 6.74. The summed E-state index contributed by atoms with van der Waals surface area (Å²) in [5, 5.41) is 6.57. The van der Waals surface area contributed by atoms with Gasteiger partial charge in [-0.2, -0.15) is 0 Å². The summed E-state index contributed by atoms with van der Waals surface area (Å²) >= 11 is 0. The quantitative estimate of drug-likeness (QED) is 0.852. The van der Waals surface area contributed by atoms with Crippen LogP contribution in [0, 0.1) is 0 Å². The number of aromatic nitrogens is 1. The molecule has 0 bridgehead atoms. The van der Waals surface area contributed by atoms with Gasteiger partial charge in [-0.25, -0.2) is 0 Å². The van der Waals surface area contributed by atoms with Crippen molar-refractivity contribution in [3.05, 3.63) is 30.1 Å². The molecule has 98 valence electrons. The van der Waals surface area contributed by atoms with Gasteiger partial charge in [0.1, 0.15) is 0 Å². The van der Waals surface area contributed by atoms with Gasteiger partial charge in [-0.15, -0.1) is 0 Å². The van der Waals surface area contributed by atoms with Gasteiger partial charge < -0.3 is 10.6 Å². The Balaban J connectivity index is 1.80. The molecule has 18 heavy (non-hydrogen) atoms. The van der Waals surface area contributed by atoms with Crippen molar-refractivity contribution in [2.75, 3.05) is 6.54 Å². The third-order valence-electron chi connectivity index (χ3n) is 3.50. The molecule has 0 radical (unpaired) electrons. The number of pyridine rings is 1. The number of nitrogens with zero attached hydrogens (tertiary/aromatic N) is 1. The first kappa shape index (κ1) is 13.0. The molecule has 1 aliphatic rings. The molecule has 1 amide bonds. The number of hydrogen-bond acceptors (Lipinski definition) is 3. The summed E-state index contributed by atoms with van der Waals surface area (Å²) in [6.45, 7) is 3.16. The van der Waals surface area contributed by atoms with E-state index in [1.807, 2.05) is 0 Å². The summed E-state index contributed by atoms with van der Waals surface area (Å²) < 4.78 is 0. The number of carbonyl (C=O) groups is 1. The smallest absolute Gasteiger partial charge is 0.251 e. The lowest BCUT2D eigenvalue weighted by Gasteiger charge is -2.29. The van der Waals surface area contributed by atoms with E-state index in [4.69, 9.17) is 0 Å². The predicted molar refractivity (Wildman–Crippen MR) is 71.4 cm³/mol. The van der Waals surface area contributed by atoms with E-state index in [-0.39, 0.29) is 5.91 Å². The zero-order valence-electron chi connectivity index (χ0n) is 10.9. The molecule has 0 saturated heterocycles. The van der Waals surface area contributed by atoms with E-state index in [0.717, 1.165) is 32.2 Å². The summed E-state index contributed by atoms with van der Waals surface area (Å²) in [6.07, 6.45) is 7.72. The molecular weight excluding hydrogens is 226 g/mol. The number of rotatable bonds is 4. The van der Waals surface area contributed by atoms with E-state index in [9.17, 15) is 4.79 Å². The lowest BCUT2D eigenvalue weighted by molar-refractivity contribution is 0.0924. The van der Waals surface area contributed by atoms with E-state index in [1.54, 1.807) is 24.5 Å². The van der Waals surface area contributed by atoms with Crippen molar-refractivity contribution in [3.63, 3.8) is 0 Å². The second-order valence-electron chi connectivity index (χ2n) is 4.82. The van der Waals surface area contributed by atoms with Gasteiger partial charge in [0.2, 0.25) is 0 Å². The lowest BCUT2D eigenvalue weighted by atomic mass is 9.91. The monoisotopic (exact) mass is 247 g/mol. The Hall–Kier alpha value is -1.42. The highest BCUT2D eigenvalue weighted by molar-refractivity contribution is 5.94. The van der Waals surface area contributed by atoms with E-state index >= 15 is 0 Å². The van der Waals surface area contributed by atoms with Crippen LogP contribution in [0.2, 0.25) is 0 Å². The van der Waals surface area contributed by atoms with E-state index in [2.05, 4.69) is 22.5 Å². The molecule has 0 spiro atoms. The van der Waals surface area contributed by atoms with Crippen molar-refractivity contribution >= 4 is 5.91 Å². The lowest BCUT2D eigenvalue weighted by Crippen LogP contribution is -2.42. The molecule has 1 aliphatic carbocycles. The number of hydrogen-bond donors (Lipinski definition) is 2. The van der Waals surface area contributed by atoms with Crippen molar-refractivity contribution in [2.24, 2.45) is 0 Å². The molecule has 1 saturated carbocycles. The molecule has 1 aromatic heterocycles. The molecule has 1 fully saturated rings. The van der Waals surface area contributed by atoms with Crippen LogP contribution in [0.25, 0.3) is 0 Å². The van der Waals surface area contributed by atoms with Gasteiger partial charge in [0, 0.05) is 30.0 Å². The topological polar surface area (TPSA) is 54.0 Å². The highest BCUT2D eigenvalue weighted by Gasteiger charge is 2.21. The van der Waals surface area contributed by atoms with Gasteiger partial charge >= 0.3 is 0 Å². The Labute approximate surface area is 108 Å². The highest BCUT2D eigenvalue weighted by Crippen LogP contribution is 2.18. The van der Waals surface area contributed by atoms with Gasteiger partial charge in [0.05, 0.1) is 0 Å². The molecule has 1 aromatic rings. The molecule has 2 rings (SSSR count). The number of amides is 1. The largest absolute Gasteiger partial charge is 0.349 e. The van der Waals surface area contributed by atoms with Crippen LogP contribution in [-0.2, 0) is 0 Å². The molecule has 4 nitrogen and oxygen atoms in total. The second-order valence-corrected chi connectivity index (χ2v) is 4.82. The molecule has 0 atom stereocenters. The zero-order chi connectivity index (χ0) is 12.8. The molecule has 1 heterocycles. The van der Waals surface area contributed by atoms with Gasteiger partial charge in [0.15, 0.2) is 0 Å². The minimum absolute atomic E-state index is 0.0179. The molecule has 4 heteroatoms. The summed E-state index contributed by atoms with van der Waals surface area (Å²) in [4.78, 5) is 15.9. The van der Waals surface area contributed by atoms with E-state index in [1.165, 1.54) is 0 Å². The normalized spacial score (nSPS) is 23.6. The number of carbonyl (C=O) groups excluding carboxylic acids is 1. The molecule has 0 aromatic carbocycles. The highest BCUT2D eigenvalue weighted by atomic mass is 16.1. The maximum Gasteiger partial charge on any atom is 0.251 e. The van der Waals surface area contributed by atoms with Crippen LogP contribution >= 0.6 is 0 Å². The third kappa shape index (κ3) is 3.53. The van der Waals surface area contributed by atoms with Crippen molar-refractivity contribution in [1.82, 2.24) is 15.6 Å². The van der Waals surface area contributed by atoms with Crippen LogP contribution in [-0.4, -0.2) is 29.5 Å². The SMILES string of the molecule is CCNC1CCC(NC(=O)c2ccncc2)CC1. The maximum absolute atomic E-state index is 12.0. The Bertz CT molecular complexity index is 372. The molecule has 0 aliphatic heterocycles. The van der Waals surface area contributed by atoms with Gasteiger partial charge in [-0.3, -0.25) is 9.78 Å². The summed E-state index contributed by atoms with van der Waals surface area (Å²) in [5.74, 6) is 0.0179. The second kappa shape index (κ2) is 6.50. The van der Waals surface area contributed by atoms with Crippen molar-refractivity contribution < 1.29 is 4.79 Å². The van der Waals surface area contributed by atoms with Crippen molar-refractivity contribution in [1.29, 1.82) is 0 Å². The average Bonchev–Trinajstić information content (AvgIpc) is 2.42. The van der Waals surface area contributed by atoms with Gasteiger partial charge in [0.25, 0.3) is 5.91 Å². The summed E-state index contributed by atoms with van der Waals surface area (Å²) in [7, 11) is 0. The van der Waals surface area contributed by atoms with E-state index in [0.29, 0.717) is 17.6 Å². The van der Waals surface area contributed by atoms with Crippen LogP contribution in [0.1, 0.15) is 43.0 Å². The van der Waals surface area contributed by atoms with Crippen molar-refractivity contribution in [2.45, 2.75) is 44.7 Å². The summed E-state index contributed by atoms with van der Waals surface area (Å²) in [6, 6.07) is 4.45. The Morgan fingerprint density at radius 1 is 1.22 bits per heavy atom. The minimum atomic E-state index is 0.0179. The molecule has 2 N–H and O–H groups in total. The standard InChI is InChI=1S/C14H21N3O/c1-2-16-12-3-5-13(6-4-12)17-14(18)11-7-9-15-10-8-11/h7-10,12-13,16H,2-6H2,1H3,(H,17,18). The average molecular weight is 247 g/mol. The third-order valence-corrected chi connectivity index (χ3v) is 3.50. The van der Waals surface area contributed by atoms with Gasteiger partial charge in [-0.05, 0) is 44.4 Å². The first-order chi connectivity index (χ1) is 8.79. The summed E-state index contributed by atoms with van der Waals surface area (Å²) in [5.41, 5.74) is 0.693. The Kier molecular flexibility index (Phi) is 4.70. The number of nitrogens with one attached hydrogen (secondary N) is 2. The Morgan fingerprint density at radius 3 is 2.44 bits per heavy atom. The fourth-order valence-electron chi connectivity index (χ4n) is 2.50. The minimum Gasteiger partial charge on any atom is -0.349 e. The van der Waals surface area contributed by atoms with Crippen LogP contribution in [0.3, 0.4) is 0 Å². The fraction of sp³-hybridized carbons (Fsp3) is 0.571. The first-order valence-corrected chi connectivity index (χ1v) is 6.74.